The zero-order valence-corrected chi connectivity index (χ0v) is 7.41. The number of allylic oxidation sites excluding steroid dienone is 3. The van der Waals surface area contributed by atoms with Gasteiger partial charge >= 0.3 is 0 Å². The van der Waals surface area contributed by atoms with E-state index >= 15 is 0 Å². The molecule has 1 rings (SSSR count). The molecule has 2 nitrogen and oxygen atoms in total. The molecule has 60 valence electrons. The Bertz CT molecular complexity index is 267. The molecule has 0 saturated carbocycles. The molecule has 0 aromatic carbocycles. The maximum atomic E-state index is 11.4. The molecule has 0 aromatic rings. The minimum atomic E-state index is 0.141. The van der Waals surface area contributed by atoms with Gasteiger partial charge in [0.1, 0.15) is 0 Å². The summed E-state index contributed by atoms with van der Waals surface area (Å²) in [6.07, 6.45) is 0. The van der Waals surface area contributed by atoms with Crippen molar-refractivity contribution in [2.75, 3.05) is 0 Å². The van der Waals surface area contributed by atoms with E-state index in [0.717, 1.165) is 22.5 Å². The highest BCUT2D eigenvalue weighted by molar-refractivity contribution is 6.10. The Hall–Kier alpha value is -1.05. The number of carbonyl (C=O) groups excluding carboxylic acids is 1. The van der Waals surface area contributed by atoms with Gasteiger partial charge in [0.25, 0.3) is 0 Å². The molecular weight excluding hydrogens is 138 g/mol. The largest absolute Gasteiger partial charge is 0.356 e. The number of rotatable bonds is 0. The van der Waals surface area contributed by atoms with Gasteiger partial charge in [-0.2, -0.15) is 0 Å². The topological polar surface area (TPSA) is 29.1 Å². The van der Waals surface area contributed by atoms with Crippen molar-refractivity contribution in [3.8, 4) is 0 Å². The first-order chi connectivity index (χ1) is 5.04. The second-order valence-electron chi connectivity index (χ2n) is 3.08. The van der Waals surface area contributed by atoms with E-state index in [-0.39, 0.29) is 5.78 Å². The Morgan fingerprint density at radius 3 is 2.00 bits per heavy atom. The zero-order valence-electron chi connectivity index (χ0n) is 7.41. The lowest BCUT2D eigenvalue weighted by Crippen LogP contribution is -2.10. The molecule has 0 bridgehead atoms. The Kier molecular flexibility index (Phi) is 1.85. The minimum absolute atomic E-state index is 0.141. The van der Waals surface area contributed by atoms with Crippen molar-refractivity contribution < 1.29 is 4.79 Å². The Balaban J connectivity index is 3.06. The van der Waals surface area contributed by atoms with Crippen molar-refractivity contribution in [3.05, 3.63) is 22.5 Å². The van der Waals surface area contributed by atoms with E-state index in [1.54, 1.807) is 0 Å². The smallest absolute Gasteiger partial charge is 0.206 e. The summed E-state index contributed by atoms with van der Waals surface area (Å²) in [5.41, 5.74) is 3.61. The highest BCUT2D eigenvalue weighted by Gasteiger charge is 2.21. The van der Waals surface area contributed by atoms with E-state index in [0.29, 0.717) is 0 Å². The average molecular weight is 151 g/mol. The molecule has 0 unspecified atom stereocenters. The summed E-state index contributed by atoms with van der Waals surface area (Å²) in [5.74, 6) is 0.141. The van der Waals surface area contributed by atoms with Gasteiger partial charge in [-0.3, -0.25) is 4.79 Å². The summed E-state index contributed by atoms with van der Waals surface area (Å²) in [5, 5.41) is 3.06. The molecule has 0 radical (unpaired) electrons. The van der Waals surface area contributed by atoms with Gasteiger partial charge < -0.3 is 5.32 Å². The second kappa shape index (κ2) is 2.53. The maximum absolute atomic E-state index is 11.4. The van der Waals surface area contributed by atoms with Gasteiger partial charge in [-0.15, -0.1) is 0 Å². The van der Waals surface area contributed by atoms with Crippen LogP contribution in [0.4, 0.5) is 0 Å². The lowest BCUT2D eigenvalue weighted by atomic mass is 10.1. The van der Waals surface area contributed by atoms with E-state index in [2.05, 4.69) is 5.32 Å². The predicted octanol–water partition coefficient (Wildman–Crippen LogP) is 1.75. The molecule has 1 aliphatic rings. The third-order valence-electron chi connectivity index (χ3n) is 1.94. The van der Waals surface area contributed by atoms with Gasteiger partial charge in [0, 0.05) is 11.3 Å². The van der Waals surface area contributed by atoms with E-state index in [9.17, 15) is 4.79 Å². The fraction of sp³-hybridized carbons (Fsp3) is 0.444. The van der Waals surface area contributed by atoms with Crippen molar-refractivity contribution in [1.29, 1.82) is 0 Å². The molecule has 1 aliphatic heterocycles. The third-order valence-corrected chi connectivity index (χ3v) is 1.94. The molecule has 2 heteroatoms. The van der Waals surface area contributed by atoms with Crippen LogP contribution in [-0.2, 0) is 4.79 Å². The van der Waals surface area contributed by atoms with Crippen molar-refractivity contribution in [2.24, 2.45) is 0 Å². The SMILES string of the molecule is CC(C)=C1NC(C)=C(C)C1=O. The highest BCUT2D eigenvalue weighted by Crippen LogP contribution is 2.18. The van der Waals surface area contributed by atoms with Crippen molar-refractivity contribution in [1.82, 2.24) is 5.32 Å². The van der Waals surface area contributed by atoms with Crippen molar-refractivity contribution >= 4 is 5.78 Å². The van der Waals surface area contributed by atoms with Crippen LogP contribution in [0.2, 0.25) is 0 Å². The van der Waals surface area contributed by atoms with E-state index in [1.165, 1.54) is 0 Å². The van der Waals surface area contributed by atoms with Gasteiger partial charge in [0.15, 0.2) is 0 Å². The van der Waals surface area contributed by atoms with Gasteiger partial charge in [0.2, 0.25) is 5.78 Å². The van der Waals surface area contributed by atoms with Gasteiger partial charge in [-0.1, -0.05) is 0 Å². The van der Waals surface area contributed by atoms with Crippen LogP contribution in [-0.4, -0.2) is 5.78 Å². The lowest BCUT2D eigenvalue weighted by Gasteiger charge is -2.00. The molecule has 1 heterocycles. The summed E-state index contributed by atoms with van der Waals surface area (Å²) in [6.45, 7) is 7.64. The number of nitrogens with one attached hydrogen (secondary N) is 1. The molecule has 0 aromatic heterocycles. The number of hydrogen-bond acceptors (Lipinski definition) is 2. The van der Waals surface area contributed by atoms with Crippen LogP contribution in [0.1, 0.15) is 27.7 Å². The van der Waals surface area contributed by atoms with Crippen molar-refractivity contribution in [3.63, 3.8) is 0 Å². The van der Waals surface area contributed by atoms with Crippen LogP contribution in [0.5, 0.6) is 0 Å². The number of Topliss-reactive ketones (excluding diaryl/α,β-unsaturated/α-hetero) is 1. The second-order valence-corrected chi connectivity index (χ2v) is 3.08. The molecule has 11 heavy (non-hydrogen) atoms. The van der Waals surface area contributed by atoms with Crippen molar-refractivity contribution in [2.45, 2.75) is 27.7 Å². The first kappa shape index (κ1) is 8.05. The van der Waals surface area contributed by atoms with Crippen LogP contribution < -0.4 is 5.32 Å². The van der Waals surface area contributed by atoms with Crippen LogP contribution in [0.3, 0.4) is 0 Å². The van der Waals surface area contributed by atoms with E-state index in [1.807, 2.05) is 27.7 Å². The van der Waals surface area contributed by atoms with E-state index in [4.69, 9.17) is 0 Å². The number of hydrogen-bond donors (Lipinski definition) is 1. The van der Waals surface area contributed by atoms with Gasteiger partial charge in [-0.25, -0.2) is 0 Å². The quantitative estimate of drug-likeness (QED) is 0.534. The minimum Gasteiger partial charge on any atom is -0.356 e. The normalized spacial score (nSPS) is 17.5. The standard InChI is InChI=1S/C9H13NO/c1-5(2)8-9(11)6(3)7(4)10-8/h10H,1-4H3. The van der Waals surface area contributed by atoms with Crippen LogP contribution in [0.25, 0.3) is 0 Å². The molecule has 1 N–H and O–H groups in total. The molecular formula is C9H13NO. The number of carbonyl (C=O) groups is 1. The fourth-order valence-electron chi connectivity index (χ4n) is 1.05. The van der Waals surface area contributed by atoms with Gasteiger partial charge in [0.05, 0.1) is 5.70 Å². The summed E-state index contributed by atoms with van der Waals surface area (Å²) in [4.78, 5) is 11.4. The molecule has 0 fully saturated rings. The zero-order chi connectivity index (χ0) is 8.59. The first-order valence-corrected chi connectivity index (χ1v) is 3.70. The van der Waals surface area contributed by atoms with Gasteiger partial charge in [-0.05, 0) is 33.3 Å². The lowest BCUT2D eigenvalue weighted by molar-refractivity contribution is -0.112. The maximum Gasteiger partial charge on any atom is 0.206 e. The fourth-order valence-corrected chi connectivity index (χ4v) is 1.05. The summed E-state index contributed by atoms with van der Waals surface area (Å²) in [6, 6.07) is 0. The molecule has 0 atom stereocenters. The first-order valence-electron chi connectivity index (χ1n) is 3.70. The van der Waals surface area contributed by atoms with E-state index < -0.39 is 0 Å². The Morgan fingerprint density at radius 1 is 1.27 bits per heavy atom. The molecule has 0 spiro atoms. The summed E-state index contributed by atoms with van der Waals surface area (Å²) in [7, 11) is 0. The van der Waals surface area contributed by atoms with Crippen LogP contribution in [0, 0.1) is 0 Å². The third kappa shape index (κ3) is 1.20. The van der Waals surface area contributed by atoms with Crippen LogP contribution in [0.15, 0.2) is 22.5 Å². The summed E-state index contributed by atoms with van der Waals surface area (Å²) >= 11 is 0. The number of ketones is 1. The Morgan fingerprint density at radius 2 is 1.82 bits per heavy atom. The summed E-state index contributed by atoms with van der Waals surface area (Å²) < 4.78 is 0. The molecule has 0 aliphatic carbocycles. The molecule has 0 saturated heterocycles. The monoisotopic (exact) mass is 151 g/mol. The highest BCUT2D eigenvalue weighted by atomic mass is 16.1. The van der Waals surface area contributed by atoms with Crippen LogP contribution >= 0.6 is 0 Å². The predicted molar refractivity (Wildman–Crippen MR) is 44.9 cm³/mol. The Labute approximate surface area is 67.0 Å². The average Bonchev–Trinajstić information content (AvgIpc) is 2.17. The molecule has 0 amide bonds.